The third-order valence-corrected chi connectivity index (χ3v) is 3.48. The van der Waals surface area contributed by atoms with Crippen LogP contribution in [-0.2, 0) is 14.3 Å². The van der Waals surface area contributed by atoms with Crippen molar-refractivity contribution in [2.45, 2.75) is 19.8 Å². The molecule has 0 bridgehead atoms. The molecule has 0 spiro atoms. The maximum absolute atomic E-state index is 11.7. The number of nitrogens with one attached hydrogen (secondary N) is 2. The molecule has 110 valence electrons. The topological polar surface area (TPSA) is 67.4 Å². The lowest BCUT2D eigenvalue weighted by Crippen LogP contribution is -2.29. The summed E-state index contributed by atoms with van der Waals surface area (Å²) in [5.41, 5.74) is 1.75. The molecule has 6 heteroatoms. The molecular formula is C14H19BrN2O3. The molecular weight excluding hydrogens is 324 g/mol. The molecule has 0 atom stereocenters. The van der Waals surface area contributed by atoms with Crippen LogP contribution in [0.2, 0.25) is 0 Å². The van der Waals surface area contributed by atoms with Crippen LogP contribution in [0.3, 0.4) is 0 Å². The first-order chi connectivity index (χ1) is 9.52. The number of hydrogen-bond acceptors (Lipinski definition) is 3. The van der Waals surface area contributed by atoms with E-state index < -0.39 is 0 Å². The molecule has 0 unspecified atom stereocenters. The predicted molar refractivity (Wildman–Crippen MR) is 81.6 cm³/mol. The van der Waals surface area contributed by atoms with E-state index >= 15 is 0 Å². The van der Waals surface area contributed by atoms with E-state index in [9.17, 15) is 9.59 Å². The van der Waals surface area contributed by atoms with Gasteiger partial charge in [-0.2, -0.15) is 0 Å². The lowest BCUT2D eigenvalue weighted by Gasteiger charge is -2.07. The zero-order valence-corrected chi connectivity index (χ0v) is 13.2. The van der Waals surface area contributed by atoms with Gasteiger partial charge >= 0.3 is 0 Å². The SMILES string of the molecule is COCCCNC(=O)CC(=O)Nc1ccc(C)c(Br)c1. The number of carbonyl (C=O) groups is 2. The lowest BCUT2D eigenvalue weighted by molar-refractivity contribution is -0.126. The van der Waals surface area contributed by atoms with E-state index in [1.54, 1.807) is 13.2 Å². The molecule has 0 aliphatic rings. The maximum Gasteiger partial charge on any atom is 0.233 e. The van der Waals surface area contributed by atoms with Crippen LogP contribution in [0, 0.1) is 6.92 Å². The van der Waals surface area contributed by atoms with Gasteiger partial charge in [-0.15, -0.1) is 0 Å². The summed E-state index contributed by atoms with van der Waals surface area (Å²) in [5.74, 6) is -0.616. The molecule has 0 saturated heterocycles. The molecule has 0 heterocycles. The van der Waals surface area contributed by atoms with Gasteiger partial charge in [0.25, 0.3) is 0 Å². The average molecular weight is 343 g/mol. The fourth-order valence-electron chi connectivity index (χ4n) is 1.53. The quantitative estimate of drug-likeness (QED) is 0.589. The average Bonchev–Trinajstić information content (AvgIpc) is 2.39. The summed E-state index contributed by atoms with van der Waals surface area (Å²) in [4.78, 5) is 23.2. The summed E-state index contributed by atoms with van der Waals surface area (Å²) in [6.07, 6.45) is 0.549. The number of rotatable bonds is 7. The van der Waals surface area contributed by atoms with Crippen LogP contribution in [0.4, 0.5) is 5.69 Å². The standard InChI is InChI=1S/C14H19BrN2O3/c1-10-4-5-11(8-12(10)15)17-14(19)9-13(18)16-6-3-7-20-2/h4-5,8H,3,6-7,9H2,1-2H3,(H,16,18)(H,17,19). The Morgan fingerprint density at radius 2 is 2.05 bits per heavy atom. The maximum atomic E-state index is 11.7. The third-order valence-electron chi connectivity index (χ3n) is 2.62. The van der Waals surface area contributed by atoms with Gasteiger partial charge in [0.15, 0.2) is 0 Å². The summed E-state index contributed by atoms with van der Waals surface area (Å²) >= 11 is 3.39. The van der Waals surface area contributed by atoms with E-state index in [0.29, 0.717) is 18.8 Å². The molecule has 20 heavy (non-hydrogen) atoms. The number of halogens is 1. The molecule has 0 radical (unpaired) electrons. The Morgan fingerprint density at radius 3 is 2.70 bits per heavy atom. The molecule has 1 aromatic carbocycles. The van der Waals surface area contributed by atoms with Crippen LogP contribution in [-0.4, -0.2) is 32.1 Å². The largest absolute Gasteiger partial charge is 0.385 e. The Kier molecular flexibility index (Phi) is 7.25. The van der Waals surface area contributed by atoms with Gasteiger partial charge in [-0.05, 0) is 31.0 Å². The fourth-order valence-corrected chi connectivity index (χ4v) is 1.91. The van der Waals surface area contributed by atoms with Crippen molar-refractivity contribution < 1.29 is 14.3 Å². The van der Waals surface area contributed by atoms with E-state index in [1.807, 2.05) is 19.1 Å². The molecule has 1 rings (SSSR count). The number of methoxy groups -OCH3 is 1. The molecule has 5 nitrogen and oxygen atoms in total. The van der Waals surface area contributed by atoms with Crippen LogP contribution in [0.15, 0.2) is 22.7 Å². The van der Waals surface area contributed by atoms with Crippen molar-refractivity contribution in [1.29, 1.82) is 0 Å². The van der Waals surface area contributed by atoms with E-state index in [-0.39, 0.29) is 18.2 Å². The molecule has 0 aliphatic heterocycles. The number of hydrogen-bond donors (Lipinski definition) is 2. The summed E-state index contributed by atoms with van der Waals surface area (Å²) in [6, 6.07) is 5.50. The Hall–Kier alpha value is -1.40. The first-order valence-electron chi connectivity index (χ1n) is 6.34. The normalized spacial score (nSPS) is 10.2. The van der Waals surface area contributed by atoms with Crippen molar-refractivity contribution in [3.8, 4) is 0 Å². The first-order valence-corrected chi connectivity index (χ1v) is 7.14. The zero-order valence-electron chi connectivity index (χ0n) is 11.7. The van der Waals surface area contributed by atoms with Crippen molar-refractivity contribution in [2.75, 3.05) is 25.6 Å². The second-order valence-corrected chi connectivity index (χ2v) is 5.24. The molecule has 0 fully saturated rings. The van der Waals surface area contributed by atoms with Crippen LogP contribution in [0.1, 0.15) is 18.4 Å². The Bertz CT molecular complexity index is 477. The molecule has 0 aliphatic carbocycles. The molecule has 1 aromatic rings. The van der Waals surface area contributed by atoms with Crippen LogP contribution in [0.5, 0.6) is 0 Å². The number of anilines is 1. The Morgan fingerprint density at radius 1 is 1.30 bits per heavy atom. The number of aryl methyl sites for hydroxylation is 1. The summed E-state index contributed by atoms with van der Waals surface area (Å²) < 4.78 is 5.79. The van der Waals surface area contributed by atoms with E-state index in [4.69, 9.17) is 4.74 Å². The highest BCUT2D eigenvalue weighted by Gasteiger charge is 2.09. The number of benzene rings is 1. The second-order valence-electron chi connectivity index (χ2n) is 4.39. The fraction of sp³-hybridized carbons (Fsp3) is 0.429. The van der Waals surface area contributed by atoms with Gasteiger partial charge in [-0.3, -0.25) is 9.59 Å². The van der Waals surface area contributed by atoms with Gasteiger partial charge < -0.3 is 15.4 Å². The molecule has 2 amide bonds. The van der Waals surface area contributed by atoms with Crippen molar-refractivity contribution in [2.24, 2.45) is 0 Å². The van der Waals surface area contributed by atoms with Gasteiger partial charge in [-0.1, -0.05) is 22.0 Å². The highest BCUT2D eigenvalue weighted by atomic mass is 79.9. The van der Waals surface area contributed by atoms with E-state index in [1.165, 1.54) is 0 Å². The smallest absolute Gasteiger partial charge is 0.233 e. The number of carbonyl (C=O) groups excluding carboxylic acids is 2. The predicted octanol–water partition coefficient (Wildman–Crippen LogP) is 2.24. The number of ether oxygens (including phenoxy) is 1. The van der Waals surface area contributed by atoms with Gasteiger partial charge in [-0.25, -0.2) is 0 Å². The number of amides is 2. The Labute approximate surface area is 127 Å². The minimum Gasteiger partial charge on any atom is -0.385 e. The minimum atomic E-state index is -0.329. The van der Waals surface area contributed by atoms with Crippen molar-refractivity contribution >= 4 is 33.4 Å². The van der Waals surface area contributed by atoms with Gasteiger partial charge in [0.1, 0.15) is 6.42 Å². The van der Waals surface area contributed by atoms with E-state index in [2.05, 4.69) is 26.6 Å². The molecule has 0 aromatic heterocycles. The third kappa shape index (κ3) is 6.16. The van der Waals surface area contributed by atoms with Gasteiger partial charge in [0.2, 0.25) is 11.8 Å². The lowest BCUT2D eigenvalue weighted by atomic mass is 10.2. The van der Waals surface area contributed by atoms with Crippen molar-refractivity contribution in [3.63, 3.8) is 0 Å². The Balaban J connectivity index is 2.35. The van der Waals surface area contributed by atoms with Crippen molar-refractivity contribution in [1.82, 2.24) is 5.32 Å². The molecule has 2 N–H and O–H groups in total. The van der Waals surface area contributed by atoms with Gasteiger partial charge in [0.05, 0.1) is 0 Å². The highest BCUT2D eigenvalue weighted by Crippen LogP contribution is 2.20. The van der Waals surface area contributed by atoms with Crippen LogP contribution < -0.4 is 10.6 Å². The minimum absolute atomic E-state index is 0.182. The van der Waals surface area contributed by atoms with Crippen LogP contribution >= 0.6 is 15.9 Å². The first kappa shape index (κ1) is 16.7. The zero-order chi connectivity index (χ0) is 15.0. The summed E-state index contributed by atoms with van der Waals surface area (Å²) in [5, 5.41) is 5.35. The summed E-state index contributed by atoms with van der Waals surface area (Å²) in [7, 11) is 1.61. The van der Waals surface area contributed by atoms with Gasteiger partial charge in [0, 0.05) is 30.4 Å². The monoisotopic (exact) mass is 342 g/mol. The summed E-state index contributed by atoms with van der Waals surface area (Å²) in [6.45, 7) is 3.06. The molecule has 0 saturated carbocycles. The highest BCUT2D eigenvalue weighted by molar-refractivity contribution is 9.10. The van der Waals surface area contributed by atoms with E-state index in [0.717, 1.165) is 16.5 Å². The van der Waals surface area contributed by atoms with Crippen LogP contribution in [0.25, 0.3) is 0 Å². The second kappa shape index (κ2) is 8.71. The van der Waals surface area contributed by atoms with Crippen molar-refractivity contribution in [3.05, 3.63) is 28.2 Å².